The van der Waals surface area contributed by atoms with E-state index in [9.17, 15) is 18.0 Å². The van der Waals surface area contributed by atoms with Gasteiger partial charge in [0.1, 0.15) is 0 Å². The SMILES string of the molecule is CC(NC(=O)COC(=O)C1CCN(S(=O)(=O)c2ccc3c(c2)CCC3)CC1)c1ccccc1. The number of fused-ring (bicyclic) bond motifs is 1. The molecule has 2 aromatic carbocycles. The molecule has 1 heterocycles. The second-order valence-corrected chi connectivity index (χ2v) is 10.7. The molecule has 0 bridgehead atoms. The Bertz CT molecular complexity index is 1110. The van der Waals surface area contributed by atoms with E-state index in [4.69, 9.17) is 4.74 Å². The van der Waals surface area contributed by atoms with Gasteiger partial charge >= 0.3 is 5.97 Å². The number of rotatable bonds is 7. The van der Waals surface area contributed by atoms with Crippen molar-refractivity contribution in [1.29, 1.82) is 0 Å². The van der Waals surface area contributed by atoms with Gasteiger partial charge in [-0.15, -0.1) is 0 Å². The van der Waals surface area contributed by atoms with Crippen LogP contribution in [0.15, 0.2) is 53.4 Å². The maximum absolute atomic E-state index is 13.1. The van der Waals surface area contributed by atoms with Gasteiger partial charge < -0.3 is 10.1 Å². The Hall–Kier alpha value is -2.71. The molecule has 2 aliphatic rings. The zero-order valence-corrected chi connectivity index (χ0v) is 19.6. The summed E-state index contributed by atoms with van der Waals surface area (Å²) in [5, 5.41) is 2.81. The van der Waals surface area contributed by atoms with Crippen molar-refractivity contribution in [3.05, 3.63) is 65.2 Å². The number of nitrogens with zero attached hydrogens (tertiary/aromatic N) is 1. The highest BCUT2D eigenvalue weighted by molar-refractivity contribution is 7.89. The summed E-state index contributed by atoms with van der Waals surface area (Å²) in [6.45, 7) is 2.04. The van der Waals surface area contributed by atoms with E-state index >= 15 is 0 Å². The van der Waals surface area contributed by atoms with Crippen molar-refractivity contribution in [2.75, 3.05) is 19.7 Å². The first kappa shape index (κ1) is 23.4. The Morgan fingerprint density at radius 2 is 1.76 bits per heavy atom. The highest BCUT2D eigenvalue weighted by Crippen LogP contribution is 2.29. The molecule has 176 valence electrons. The molecule has 0 aromatic heterocycles. The summed E-state index contributed by atoms with van der Waals surface area (Å²) < 4.78 is 32.8. The van der Waals surface area contributed by atoms with E-state index < -0.39 is 21.9 Å². The fourth-order valence-electron chi connectivity index (χ4n) is 4.55. The lowest BCUT2D eigenvalue weighted by Crippen LogP contribution is -2.41. The van der Waals surface area contributed by atoms with E-state index in [1.165, 1.54) is 9.87 Å². The lowest BCUT2D eigenvalue weighted by Gasteiger charge is -2.30. The number of hydrogen-bond donors (Lipinski definition) is 1. The molecule has 7 nitrogen and oxygen atoms in total. The Kier molecular flexibility index (Phi) is 7.14. The number of ether oxygens (including phenoxy) is 1. The minimum absolute atomic E-state index is 0.190. The Balaban J connectivity index is 1.25. The summed E-state index contributed by atoms with van der Waals surface area (Å²) in [6, 6.07) is 14.8. The smallest absolute Gasteiger partial charge is 0.309 e. The predicted octanol–water partition coefficient (Wildman–Crippen LogP) is 3.00. The van der Waals surface area contributed by atoms with Crippen LogP contribution in [0.2, 0.25) is 0 Å². The van der Waals surface area contributed by atoms with Crippen molar-refractivity contribution in [2.24, 2.45) is 5.92 Å². The molecule has 1 atom stereocenters. The summed E-state index contributed by atoms with van der Waals surface area (Å²) >= 11 is 0. The summed E-state index contributed by atoms with van der Waals surface area (Å²) in [7, 11) is -3.58. The molecule has 4 rings (SSSR count). The molecule has 1 aliphatic heterocycles. The average Bonchev–Trinajstić information content (AvgIpc) is 3.31. The van der Waals surface area contributed by atoms with Crippen LogP contribution in [0.5, 0.6) is 0 Å². The molecule has 33 heavy (non-hydrogen) atoms. The number of piperidine rings is 1. The van der Waals surface area contributed by atoms with Crippen LogP contribution in [0.3, 0.4) is 0 Å². The van der Waals surface area contributed by atoms with Crippen LogP contribution < -0.4 is 5.32 Å². The Morgan fingerprint density at radius 1 is 1.06 bits per heavy atom. The molecule has 1 aliphatic carbocycles. The molecule has 8 heteroatoms. The minimum atomic E-state index is -3.58. The third-order valence-corrected chi connectivity index (χ3v) is 8.41. The molecule has 1 unspecified atom stereocenters. The van der Waals surface area contributed by atoms with Gasteiger partial charge in [0.15, 0.2) is 6.61 Å². The number of carbonyl (C=O) groups excluding carboxylic acids is 2. The minimum Gasteiger partial charge on any atom is -0.455 e. The topological polar surface area (TPSA) is 92.8 Å². The lowest BCUT2D eigenvalue weighted by molar-refractivity contribution is -0.153. The number of aryl methyl sites for hydroxylation is 2. The summed E-state index contributed by atoms with van der Waals surface area (Å²) in [6.07, 6.45) is 3.75. The third kappa shape index (κ3) is 5.45. The van der Waals surface area contributed by atoms with Gasteiger partial charge in [0.25, 0.3) is 5.91 Å². The van der Waals surface area contributed by atoms with E-state index in [2.05, 4.69) is 5.32 Å². The van der Waals surface area contributed by atoms with Crippen LogP contribution in [0.4, 0.5) is 0 Å². The summed E-state index contributed by atoms with van der Waals surface area (Å²) in [5.74, 6) is -1.22. The van der Waals surface area contributed by atoms with Crippen LogP contribution in [0.25, 0.3) is 0 Å². The predicted molar refractivity (Wildman–Crippen MR) is 124 cm³/mol. The molecule has 0 saturated carbocycles. The second kappa shape index (κ2) is 10.1. The standard InChI is InChI=1S/C25H30N2O5S/c1-18(19-6-3-2-4-7-19)26-24(28)17-32-25(29)21-12-14-27(15-13-21)33(30,31)23-11-10-20-8-5-9-22(20)16-23/h2-4,6-7,10-11,16,18,21H,5,8-9,12-15,17H2,1H3,(H,26,28). The largest absolute Gasteiger partial charge is 0.455 e. The van der Waals surface area contributed by atoms with Crippen molar-refractivity contribution in [3.63, 3.8) is 0 Å². The first-order chi connectivity index (χ1) is 15.8. The molecule has 2 aromatic rings. The molecule has 0 radical (unpaired) electrons. The number of benzene rings is 2. The third-order valence-electron chi connectivity index (χ3n) is 6.52. The molecule has 1 N–H and O–H groups in total. The van der Waals surface area contributed by atoms with E-state index in [0.717, 1.165) is 30.4 Å². The molecule has 0 spiro atoms. The highest BCUT2D eigenvalue weighted by atomic mass is 32.2. The van der Waals surface area contributed by atoms with Crippen LogP contribution in [-0.4, -0.2) is 44.3 Å². The van der Waals surface area contributed by atoms with Crippen molar-refractivity contribution in [3.8, 4) is 0 Å². The summed E-state index contributed by atoms with van der Waals surface area (Å²) in [5.41, 5.74) is 3.32. The van der Waals surface area contributed by atoms with Crippen LogP contribution in [0.1, 0.15) is 48.9 Å². The van der Waals surface area contributed by atoms with Crippen LogP contribution in [0, 0.1) is 5.92 Å². The fourth-order valence-corrected chi connectivity index (χ4v) is 6.07. The number of carbonyl (C=O) groups is 2. The second-order valence-electron chi connectivity index (χ2n) is 8.77. The van der Waals surface area contributed by atoms with Gasteiger partial charge in [-0.2, -0.15) is 4.31 Å². The normalized spacial score (nSPS) is 17.8. The number of sulfonamides is 1. The number of hydrogen-bond acceptors (Lipinski definition) is 5. The first-order valence-electron chi connectivity index (χ1n) is 11.5. The maximum Gasteiger partial charge on any atom is 0.309 e. The molecular weight excluding hydrogens is 440 g/mol. The van der Waals surface area contributed by atoms with Crippen molar-refractivity contribution in [1.82, 2.24) is 9.62 Å². The van der Waals surface area contributed by atoms with Gasteiger partial charge in [-0.25, -0.2) is 8.42 Å². The van der Waals surface area contributed by atoms with Crippen LogP contribution >= 0.6 is 0 Å². The zero-order valence-electron chi connectivity index (χ0n) is 18.8. The number of amides is 1. The highest BCUT2D eigenvalue weighted by Gasteiger charge is 2.33. The van der Waals surface area contributed by atoms with Crippen molar-refractivity contribution < 1.29 is 22.7 Å². The van der Waals surface area contributed by atoms with Crippen molar-refractivity contribution >= 4 is 21.9 Å². The molecule has 1 amide bonds. The van der Waals surface area contributed by atoms with E-state index in [0.29, 0.717) is 17.7 Å². The van der Waals surface area contributed by atoms with Gasteiger partial charge in [0, 0.05) is 13.1 Å². The van der Waals surface area contributed by atoms with Crippen molar-refractivity contribution in [2.45, 2.75) is 50.0 Å². The number of esters is 1. The van der Waals surface area contributed by atoms with E-state index in [-0.39, 0.29) is 31.6 Å². The van der Waals surface area contributed by atoms with E-state index in [1.807, 2.05) is 43.3 Å². The average molecular weight is 471 g/mol. The quantitative estimate of drug-likeness (QED) is 0.628. The van der Waals surface area contributed by atoms with Gasteiger partial charge in [0.05, 0.1) is 16.9 Å². The zero-order chi connectivity index (χ0) is 23.4. The molecular formula is C25H30N2O5S. The summed E-state index contributed by atoms with van der Waals surface area (Å²) in [4.78, 5) is 24.9. The van der Waals surface area contributed by atoms with Gasteiger partial charge in [-0.1, -0.05) is 36.4 Å². The van der Waals surface area contributed by atoms with Gasteiger partial charge in [-0.05, 0) is 67.9 Å². The molecule has 1 saturated heterocycles. The van der Waals surface area contributed by atoms with E-state index in [1.54, 1.807) is 12.1 Å². The monoisotopic (exact) mass is 470 g/mol. The van der Waals surface area contributed by atoms with Gasteiger partial charge in [0.2, 0.25) is 10.0 Å². The fraction of sp³-hybridized carbons (Fsp3) is 0.440. The maximum atomic E-state index is 13.1. The Morgan fingerprint density at radius 3 is 2.48 bits per heavy atom. The number of nitrogens with one attached hydrogen (secondary N) is 1. The molecule has 1 fully saturated rings. The lowest BCUT2D eigenvalue weighted by atomic mass is 9.98. The van der Waals surface area contributed by atoms with Crippen LogP contribution in [-0.2, 0) is 37.2 Å². The Labute approximate surface area is 195 Å². The first-order valence-corrected chi connectivity index (χ1v) is 12.9. The van der Waals surface area contributed by atoms with Gasteiger partial charge in [-0.3, -0.25) is 9.59 Å².